The van der Waals surface area contributed by atoms with Gasteiger partial charge in [-0.05, 0) is 57.6 Å². The van der Waals surface area contributed by atoms with Crippen LogP contribution in [0, 0.1) is 0 Å². The molecule has 5 nitrogen and oxygen atoms in total. The van der Waals surface area contributed by atoms with E-state index in [4.69, 9.17) is 11.6 Å². The van der Waals surface area contributed by atoms with E-state index >= 15 is 0 Å². The lowest BCUT2D eigenvalue weighted by Gasteiger charge is -2.39. The largest absolute Gasteiger partial charge is 0.354 e. The van der Waals surface area contributed by atoms with E-state index in [2.05, 4.69) is 29.6 Å². The molecule has 27 heavy (non-hydrogen) atoms. The first-order chi connectivity index (χ1) is 12.9. The summed E-state index contributed by atoms with van der Waals surface area (Å²) in [6.45, 7) is 1.18. The van der Waals surface area contributed by atoms with Crippen LogP contribution in [-0.2, 0) is 4.79 Å². The summed E-state index contributed by atoms with van der Waals surface area (Å²) in [7, 11) is 4.23. The third-order valence-electron chi connectivity index (χ3n) is 5.57. The maximum Gasteiger partial charge on any atom is 0.251 e. The van der Waals surface area contributed by atoms with Crippen molar-refractivity contribution in [2.75, 3.05) is 27.2 Å². The topological polar surface area (TPSA) is 61.4 Å². The van der Waals surface area contributed by atoms with Crippen molar-refractivity contribution >= 4 is 23.4 Å². The third-order valence-corrected chi connectivity index (χ3v) is 5.82. The number of nitrogens with zero attached hydrogens (tertiary/aromatic N) is 1. The second kappa shape index (κ2) is 10.7. The average molecular weight is 394 g/mol. The molecule has 0 heterocycles. The summed E-state index contributed by atoms with van der Waals surface area (Å²) in [6, 6.07) is 6.77. The van der Waals surface area contributed by atoms with Crippen molar-refractivity contribution in [3.05, 3.63) is 34.9 Å². The normalized spacial score (nSPS) is 16.6. The molecule has 1 aromatic rings. The Hall–Kier alpha value is -1.59. The van der Waals surface area contributed by atoms with Crippen LogP contribution in [0.4, 0.5) is 0 Å². The fraction of sp³-hybridized carbons (Fsp3) is 0.619. The monoisotopic (exact) mass is 393 g/mol. The van der Waals surface area contributed by atoms with E-state index in [9.17, 15) is 9.59 Å². The summed E-state index contributed by atoms with van der Waals surface area (Å²) in [5.41, 5.74) is 0.653. The Morgan fingerprint density at radius 1 is 1.04 bits per heavy atom. The van der Waals surface area contributed by atoms with Gasteiger partial charge in [-0.15, -0.1) is 0 Å². The number of amides is 2. The van der Waals surface area contributed by atoms with Crippen LogP contribution in [0.15, 0.2) is 24.3 Å². The number of rotatable bonds is 8. The van der Waals surface area contributed by atoms with Gasteiger partial charge in [0.25, 0.3) is 5.91 Å². The summed E-state index contributed by atoms with van der Waals surface area (Å²) in [6.07, 6.45) is 8.35. The molecule has 1 aliphatic rings. The van der Waals surface area contributed by atoms with Gasteiger partial charge in [-0.3, -0.25) is 9.59 Å². The zero-order chi connectivity index (χ0) is 19.7. The van der Waals surface area contributed by atoms with Crippen molar-refractivity contribution in [1.29, 1.82) is 0 Å². The second-order valence-corrected chi connectivity index (χ2v) is 8.11. The van der Waals surface area contributed by atoms with Crippen LogP contribution in [-0.4, -0.2) is 49.4 Å². The van der Waals surface area contributed by atoms with E-state index in [0.29, 0.717) is 36.5 Å². The Bertz CT molecular complexity index is 608. The fourth-order valence-electron chi connectivity index (χ4n) is 3.67. The van der Waals surface area contributed by atoms with E-state index < -0.39 is 0 Å². The minimum Gasteiger partial charge on any atom is -0.354 e. The molecule has 0 spiro atoms. The number of carbonyl (C=O) groups excluding carboxylic acids is 2. The zero-order valence-corrected chi connectivity index (χ0v) is 17.3. The quantitative estimate of drug-likeness (QED) is 0.523. The van der Waals surface area contributed by atoms with Crippen LogP contribution in [0.3, 0.4) is 0 Å². The van der Waals surface area contributed by atoms with Crippen LogP contribution in [0.5, 0.6) is 0 Å². The van der Waals surface area contributed by atoms with Crippen molar-refractivity contribution in [1.82, 2.24) is 15.5 Å². The minimum atomic E-state index is -0.142. The highest BCUT2D eigenvalue weighted by Gasteiger charge is 2.33. The molecule has 2 amide bonds. The highest BCUT2D eigenvalue weighted by molar-refractivity contribution is 6.30. The van der Waals surface area contributed by atoms with Gasteiger partial charge in [0.05, 0.1) is 0 Å². The van der Waals surface area contributed by atoms with Gasteiger partial charge in [0.2, 0.25) is 5.91 Å². The number of nitrogens with one attached hydrogen (secondary N) is 2. The summed E-state index contributed by atoms with van der Waals surface area (Å²) < 4.78 is 0. The highest BCUT2D eigenvalue weighted by Crippen LogP contribution is 2.30. The van der Waals surface area contributed by atoms with Gasteiger partial charge in [-0.2, -0.15) is 0 Å². The Labute approximate surface area is 167 Å². The van der Waals surface area contributed by atoms with Crippen molar-refractivity contribution in [3.8, 4) is 0 Å². The molecule has 0 atom stereocenters. The van der Waals surface area contributed by atoms with Gasteiger partial charge in [0.1, 0.15) is 0 Å². The molecule has 6 heteroatoms. The maximum absolute atomic E-state index is 12.2. The second-order valence-electron chi connectivity index (χ2n) is 7.68. The minimum absolute atomic E-state index is 0.0567. The van der Waals surface area contributed by atoms with Crippen LogP contribution >= 0.6 is 11.6 Å². The van der Waals surface area contributed by atoms with Crippen molar-refractivity contribution < 1.29 is 9.59 Å². The SMILES string of the molecule is CN(C)C1(CNC(=O)CCCNC(=O)c2ccc(Cl)cc2)CCCCCC1. The molecular formula is C21H32ClN3O2. The van der Waals surface area contributed by atoms with Gasteiger partial charge in [0, 0.05) is 35.6 Å². The van der Waals surface area contributed by atoms with Crippen LogP contribution in [0.25, 0.3) is 0 Å². The van der Waals surface area contributed by atoms with Crippen LogP contribution in [0.2, 0.25) is 5.02 Å². The third kappa shape index (κ3) is 6.82. The van der Waals surface area contributed by atoms with Gasteiger partial charge < -0.3 is 15.5 Å². The fourth-order valence-corrected chi connectivity index (χ4v) is 3.80. The first kappa shape index (κ1) is 21.7. The maximum atomic E-state index is 12.2. The lowest BCUT2D eigenvalue weighted by atomic mass is 9.88. The van der Waals surface area contributed by atoms with E-state index in [1.54, 1.807) is 24.3 Å². The molecule has 0 unspecified atom stereocenters. The number of benzene rings is 1. The molecule has 1 aromatic carbocycles. The van der Waals surface area contributed by atoms with Gasteiger partial charge in [-0.1, -0.05) is 37.3 Å². The first-order valence-electron chi connectivity index (χ1n) is 9.91. The molecular weight excluding hydrogens is 362 g/mol. The molecule has 1 saturated carbocycles. The summed E-state index contributed by atoms with van der Waals surface area (Å²) >= 11 is 5.82. The molecule has 0 bridgehead atoms. The van der Waals surface area contributed by atoms with E-state index in [1.807, 2.05) is 0 Å². The predicted octanol–water partition coefficient (Wildman–Crippen LogP) is 3.62. The number of carbonyl (C=O) groups is 2. The first-order valence-corrected chi connectivity index (χ1v) is 10.3. The summed E-state index contributed by atoms with van der Waals surface area (Å²) in [5.74, 6) is -0.0849. The molecule has 150 valence electrons. The standard InChI is InChI=1S/C21H32ClN3O2/c1-25(2)21(13-5-3-4-6-14-21)16-24-19(26)8-7-15-23-20(27)17-9-11-18(22)12-10-17/h9-12H,3-8,13-16H2,1-2H3,(H,23,27)(H,24,26). The molecule has 2 N–H and O–H groups in total. The molecule has 0 saturated heterocycles. The number of likely N-dealkylation sites (N-methyl/N-ethyl adjacent to an activating group) is 1. The molecule has 0 aliphatic heterocycles. The Morgan fingerprint density at radius 2 is 1.67 bits per heavy atom. The molecule has 2 rings (SSSR count). The van der Waals surface area contributed by atoms with Crippen LogP contribution < -0.4 is 10.6 Å². The average Bonchev–Trinajstić information content (AvgIpc) is 2.90. The molecule has 1 fully saturated rings. The predicted molar refractivity (Wildman–Crippen MR) is 110 cm³/mol. The van der Waals surface area contributed by atoms with Gasteiger partial charge in [-0.25, -0.2) is 0 Å². The van der Waals surface area contributed by atoms with E-state index in [0.717, 1.165) is 12.8 Å². The number of hydrogen-bond donors (Lipinski definition) is 2. The molecule has 0 aromatic heterocycles. The molecule has 0 radical (unpaired) electrons. The van der Waals surface area contributed by atoms with E-state index in [-0.39, 0.29) is 17.4 Å². The lowest BCUT2D eigenvalue weighted by molar-refractivity contribution is -0.121. The van der Waals surface area contributed by atoms with E-state index in [1.165, 1.54) is 25.7 Å². The van der Waals surface area contributed by atoms with Crippen molar-refractivity contribution in [3.63, 3.8) is 0 Å². The van der Waals surface area contributed by atoms with Gasteiger partial charge >= 0.3 is 0 Å². The van der Waals surface area contributed by atoms with Gasteiger partial charge in [0.15, 0.2) is 0 Å². The smallest absolute Gasteiger partial charge is 0.251 e. The Kier molecular flexibility index (Phi) is 8.58. The number of halogens is 1. The Morgan fingerprint density at radius 3 is 2.26 bits per heavy atom. The van der Waals surface area contributed by atoms with Crippen molar-refractivity contribution in [2.24, 2.45) is 0 Å². The van der Waals surface area contributed by atoms with Crippen LogP contribution in [0.1, 0.15) is 61.7 Å². The summed E-state index contributed by atoms with van der Waals surface area (Å²) in [5, 5.41) is 6.57. The Balaban J connectivity index is 1.69. The lowest BCUT2D eigenvalue weighted by Crippen LogP contribution is -2.52. The molecule has 1 aliphatic carbocycles. The van der Waals surface area contributed by atoms with Crippen molar-refractivity contribution in [2.45, 2.75) is 56.9 Å². The highest BCUT2D eigenvalue weighted by atomic mass is 35.5. The number of hydrogen-bond acceptors (Lipinski definition) is 3. The zero-order valence-electron chi connectivity index (χ0n) is 16.5. The summed E-state index contributed by atoms with van der Waals surface area (Å²) in [4.78, 5) is 26.5.